The van der Waals surface area contributed by atoms with Crippen LogP contribution in [0, 0.1) is 19.8 Å². The van der Waals surface area contributed by atoms with Crippen LogP contribution in [0.25, 0.3) is 5.78 Å². The first-order valence-electron chi connectivity index (χ1n) is 8.98. The Kier molecular flexibility index (Phi) is 5.76. The van der Waals surface area contributed by atoms with Crippen LogP contribution >= 0.6 is 11.8 Å². The summed E-state index contributed by atoms with van der Waals surface area (Å²) in [7, 11) is -3.04. The highest BCUT2D eigenvalue weighted by molar-refractivity contribution is 7.99. The molecule has 0 N–H and O–H groups in total. The van der Waals surface area contributed by atoms with Gasteiger partial charge in [-0.2, -0.15) is 4.98 Å². The Bertz CT molecular complexity index is 955. The van der Waals surface area contributed by atoms with Gasteiger partial charge in [0.2, 0.25) is 11.1 Å². The van der Waals surface area contributed by atoms with Gasteiger partial charge in [-0.3, -0.25) is 4.79 Å². The van der Waals surface area contributed by atoms with E-state index in [1.54, 1.807) is 9.42 Å². The summed E-state index contributed by atoms with van der Waals surface area (Å²) in [5.74, 6) is 1.11. The summed E-state index contributed by atoms with van der Waals surface area (Å²) in [5.41, 5.74) is 1.80. The van der Waals surface area contributed by atoms with Crippen LogP contribution in [0.3, 0.4) is 0 Å². The number of hydrogen-bond acceptors (Lipinski definition) is 7. The molecule has 10 heteroatoms. The Morgan fingerprint density at radius 2 is 2.11 bits per heavy atom. The lowest BCUT2D eigenvalue weighted by atomic mass is 10.1. The van der Waals surface area contributed by atoms with Gasteiger partial charge in [0.25, 0.3) is 5.78 Å². The van der Waals surface area contributed by atoms with Gasteiger partial charge in [0.15, 0.2) is 9.84 Å². The maximum Gasteiger partial charge on any atom is 0.253 e. The van der Waals surface area contributed by atoms with E-state index < -0.39 is 9.84 Å². The van der Waals surface area contributed by atoms with Gasteiger partial charge >= 0.3 is 0 Å². The third-order valence-corrected chi connectivity index (χ3v) is 7.03. The zero-order valence-corrected chi connectivity index (χ0v) is 17.7. The van der Waals surface area contributed by atoms with Crippen molar-refractivity contribution in [1.29, 1.82) is 0 Å². The summed E-state index contributed by atoms with van der Waals surface area (Å²) in [6, 6.07) is 1.69. The third-order valence-electron chi connectivity index (χ3n) is 4.45. The normalized spacial score (nSPS) is 19.1. The highest BCUT2D eigenvalue weighted by atomic mass is 32.2. The quantitative estimate of drug-likeness (QED) is 0.665. The molecule has 1 amide bonds. The van der Waals surface area contributed by atoms with Crippen LogP contribution in [-0.4, -0.2) is 68.7 Å². The number of carbonyl (C=O) groups is 1. The summed E-state index contributed by atoms with van der Waals surface area (Å²) in [6.07, 6.45) is 0.514. The van der Waals surface area contributed by atoms with Crippen molar-refractivity contribution in [3.8, 4) is 0 Å². The number of carbonyl (C=O) groups excluding carboxylic acids is 1. The summed E-state index contributed by atoms with van der Waals surface area (Å²) >= 11 is 1.26. The molecule has 0 bridgehead atoms. The standard InChI is InChI=1S/C17H25N5O3S2/c1-11(2)8-21(14-5-6-27(24,25)10-14)15(23)9-26-17-19-16-18-12(3)7-13(4)22(16)20-17/h7,11,14H,5-6,8-10H2,1-4H3/t14-/m1/s1. The number of hydrogen-bond donors (Lipinski definition) is 0. The summed E-state index contributed by atoms with van der Waals surface area (Å²) in [4.78, 5) is 23.3. The molecule has 0 unspecified atom stereocenters. The Hall–Kier alpha value is -1.68. The second-order valence-electron chi connectivity index (χ2n) is 7.43. The second-order valence-corrected chi connectivity index (χ2v) is 10.6. The molecule has 2 aromatic heterocycles. The lowest BCUT2D eigenvalue weighted by molar-refractivity contribution is -0.130. The molecule has 0 saturated carbocycles. The number of aryl methyl sites for hydroxylation is 2. The van der Waals surface area contributed by atoms with Gasteiger partial charge in [-0.05, 0) is 32.3 Å². The first-order valence-corrected chi connectivity index (χ1v) is 11.8. The van der Waals surface area contributed by atoms with Gasteiger partial charge < -0.3 is 4.90 Å². The van der Waals surface area contributed by atoms with Gasteiger partial charge in [0, 0.05) is 24.0 Å². The third kappa shape index (κ3) is 4.78. The Labute approximate surface area is 163 Å². The van der Waals surface area contributed by atoms with E-state index in [0.29, 0.717) is 23.9 Å². The van der Waals surface area contributed by atoms with Gasteiger partial charge in [0.05, 0.1) is 17.3 Å². The predicted octanol–water partition coefficient (Wildman–Crippen LogP) is 1.50. The van der Waals surface area contributed by atoms with E-state index in [1.165, 1.54) is 11.8 Å². The monoisotopic (exact) mass is 411 g/mol. The second kappa shape index (κ2) is 7.75. The van der Waals surface area contributed by atoms with Gasteiger partial charge in [0.1, 0.15) is 0 Å². The maximum absolute atomic E-state index is 12.8. The fourth-order valence-electron chi connectivity index (χ4n) is 3.29. The molecule has 8 nitrogen and oxygen atoms in total. The number of aromatic nitrogens is 4. The smallest absolute Gasteiger partial charge is 0.253 e. The highest BCUT2D eigenvalue weighted by Crippen LogP contribution is 2.22. The van der Waals surface area contributed by atoms with Crippen molar-refractivity contribution >= 4 is 33.3 Å². The van der Waals surface area contributed by atoms with E-state index in [4.69, 9.17) is 0 Å². The molecule has 1 saturated heterocycles. The Balaban J connectivity index is 1.71. The van der Waals surface area contributed by atoms with E-state index in [2.05, 4.69) is 15.1 Å². The predicted molar refractivity (Wildman–Crippen MR) is 105 cm³/mol. The molecular weight excluding hydrogens is 386 g/mol. The van der Waals surface area contributed by atoms with Crippen LogP contribution in [-0.2, 0) is 14.6 Å². The maximum atomic E-state index is 12.8. The van der Waals surface area contributed by atoms with Crippen LogP contribution < -0.4 is 0 Å². The fourth-order valence-corrected chi connectivity index (χ4v) is 5.72. The first kappa shape index (κ1) is 20.1. The number of fused-ring (bicyclic) bond motifs is 1. The first-order chi connectivity index (χ1) is 12.6. The minimum Gasteiger partial charge on any atom is -0.338 e. The van der Waals surface area contributed by atoms with Gasteiger partial charge in [-0.1, -0.05) is 25.6 Å². The molecule has 1 fully saturated rings. The Morgan fingerprint density at radius 1 is 1.37 bits per heavy atom. The zero-order chi connectivity index (χ0) is 19.8. The Morgan fingerprint density at radius 3 is 2.74 bits per heavy atom. The molecule has 1 aliphatic rings. The van der Waals surface area contributed by atoms with Crippen molar-refractivity contribution in [3.63, 3.8) is 0 Å². The topological polar surface area (TPSA) is 97.5 Å². The number of rotatable bonds is 6. The SMILES string of the molecule is Cc1cc(C)n2nc(SCC(=O)N(CC(C)C)[C@@H]3CCS(=O)(=O)C3)nc2n1. The van der Waals surface area contributed by atoms with E-state index >= 15 is 0 Å². The van der Waals surface area contributed by atoms with Crippen molar-refractivity contribution in [2.24, 2.45) is 5.92 Å². The molecule has 1 atom stereocenters. The molecule has 3 rings (SSSR count). The van der Waals surface area contributed by atoms with Crippen LogP contribution in [0.1, 0.15) is 31.7 Å². The van der Waals surface area contributed by atoms with E-state index in [-0.39, 0.29) is 35.1 Å². The number of nitrogens with zero attached hydrogens (tertiary/aromatic N) is 5. The molecule has 0 spiro atoms. The molecule has 3 heterocycles. The van der Waals surface area contributed by atoms with Crippen LogP contribution in [0.4, 0.5) is 0 Å². The molecule has 1 aliphatic heterocycles. The molecule has 2 aromatic rings. The molecule has 0 radical (unpaired) electrons. The van der Waals surface area contributed by atoms with Crippen molar-refractivity contribution in [1.82, 2.24) is 24.5 Å². The van der Waals surface area contributed by atoms with Crippen LogP contribution in [0.5, 0.6) is 0 Å². The number of amides is 1. The molecule has 27 heavy (non-hydrogen) atoms. The zero-order valence-electron chi connectivity index (χ0n) is 16.0. The minimum absolute atomic E-state index is 0.0606. The van der Waals surface area contributed by atoms with Crippen molar-refractivity contribution < 1.29 is 13.2 Å². The van der Waals surface area contributed by atoms with E-state index in [9.17, 15) is 13.2 Å². The summed E-state index contributed by atoms with van der Waals surface area (Å²) < 4.78 is 25.3. The van der Waals surface area contributed by atoms with Gasteiger partial charge in [-0.25, -0.2) is 17.9 Å². The average molecular weight is 412 g/mol. The lowest BCUT2D eigenvalue weighted by Crippen LogP contribution is -2.44. The molecular formula is C17H25N5O3S2. The highest BCUT2D eigenvalue weighted by Gasteiger charge is 2.34. The van der Waals surface area contributed by atoms with Gasteiger partial charge in [-0.15, -0.1) is 5.10 Å². The van der Waals surface area contributed by atoms with Crippen LogP contribution in [0.15, 0.2) is 11.2 Å². The lowest BCUT2D eigenvalue weighted by Gasteiger charge is -2.29. The van der Waals surface area contributed by atoms with Crippen molar-refractivity contribution in [3.05, 3.63) is 17.5 Å². The number of thioether (sulfide) groups is 1. The molecule has 148 valence electrons. The summed E-state index contributed by atoms with van der Waals surface area (Å²) in [6.45, 7) is 8.44. The average Bonchev–Trinajstić information content (AvgIpc) is 3.13. The van der Waals surface area contributed by atoms with E-state index in [1.807, 2.05) is 33.8 Å². The molecule has 0 aromatic carbocycles. The van der Waals surface area contributed by atoms with Crippen molar-refractivity contribution in [2.45, 2.75) is 45.3 Å². The van der Waals surface area contributed by atoms with E-state index in [0.717, 1.165) is 11.4 Å². The number of sulfone groups is 1. The summed E-state index contributed by atoms with van der Waals surface area (Å²) in [5, 5.41) is 4.90. The fraction of sp³-hybridized carbons (Fsp3) is 0.647. The molecule has 0 aliphatic carbocycles. The minimum atomic E-state index is -3.04. The van der Waals surface area contributed by atoms with Crippen molar-refractivity contribution in [2.75, 3.05) is 23.8 Å². The largest absolute Gasteiger partial charge is 0.338 e. The van der Waals surface area contributed by atoms with Crippen LogP contribution in [0.2, 0.25) is 0 Å².